The van der Waals surface area contributed by atoms with Crippen LogP contribution in [0.2, 0.25) is 0 Å². The van der Waals surface area contributed by atoms with Gasteiger partial charge >= 0.3 is 0 Å². The van der Waals surface area contributed by atoms with Crippen LogP contribution >= 0.6 is 23.7 Å². The highest BCUT2D eigenvalue weighted by Gasteiger charge is 2.24. The number of hydrogen-bond donors (Lipinski definition) is 3. The van der Waals surface area contributed by atoms with Crippen molar-refractivity contribution < 1.29 is 0 Å². The van der Waals surface area contributed by atoms with Gasteiger partial charge in [-0.25, -0.2) is 4.99 Å². The molecule has 0 bridgehead atoms. The Bertz CT molecular complexity index is 884. The summed E-state index contributed by atoms with van der Waals surface area (Å²) in [4.78, 5) is 9.07. The Labute approximate surface area is 164 Å². The van der Waals surface area contributed by atoms with Gasteiger partial charge in [0.05, 0.1) is 10.6 Å². The molecule has 4 rings (SSSR count). The summed E-state index contributed by atoms with van der Waals surface area (Å²) in [5.74, 6) is 1.19. The van der Waals surface area contributed by atoms with Crippen molar-refractivity contribution in [1.29, 1.82) is 0 Å². The Kier molecular flexibility index (Phi) is 6.01. The zero-order chi connectivity index (χ0) is 17.2. The zero-order valence-corrected chi connectivity index (χ0v) is 16.5. The highest BCUT2D eigenvalue weighted by molar-refractivity contribution is 7.12. The van der Waals surface area contributed by atoms with Gasteiger partial charge < -0.3 is 16.0 Å². The lowest BCUT2D eigenvalue weighted by molar-refractivity contribution is 0.356. The van der Waals surface area contributed by atoms with Crippen molar-refractivity contribution in [3.8, 4) is 0 Å². The Morgan fingerprint density at radius 3 is 2.96 bits per heavy atom. The van der Waals surface area contributed by atoms with Crippen LogP contribution < -0.4 is 11.1 Å². The molecule has 2 atom stereocenters. The van der Waals surface area contributed by atoms with E-state index in [2.05, 4.69) is 40.7 Å². The summed E-state index contributed by atoms with van der Waals surface area (Å²) < 4.78 is 0. The van der Waals surface area contributed by atoms with Gasteiger partial charge in [0.15, 0.2) is 0 Å². The monoisotopic (exact) mass is 388 g/mol. The molecule has 138 valence electrons. The third-order valence-corrected chi connectivity index (χ3v) is 6.14. The number of aliphatic imine (C=N–C) groups is 1. The van der Waals surface area contributed by atoms with E-state index in [1.807, 2.05) is 23.6 Å². The number of nitrogens with zero attached hydrogens (tertiary/aromatic N) is 1. The molecule has 2 aromatic heterocycles. The minimum Gasteiger partial charge on any atom is -0.383 e. The molecular formula is C20H25ClN4S. The fraction of sp³-hybridized carbons (Fsp3) is 0.350. The Morgan fingerprint density at radius 1 is 1.31 bits per heavy atom. The maximum absolute atomic E-state index is 6.15. The van der Waals surface area contributed by atoms with Gasteiger partial charge in [0.1, 0.15) is 5.84 Å². The van der Waals surface area contributed by atoms with E-state index in [0.29, 0.717) is 17.8 Å². The highest BCUT2D eigenvalue weighted by atomic mass is 35.5. The zero-order valence-electron chi connectivity index (χ0n) is 14.9. The van der Waals surface area contributed by atoms with Crippen LogP contribution in [0.15, 0.2) is 46.9 Å². The fourth-order valence-electron chi connectivity index (χ4n) is 3.89. The SMILES string of the molecule is CN[C@@H]1CCC[C@H](c2c[nH]c3ccc(N=C(N)c4cccs4)cc23)C1.Cl. The number of hydrogen-bond acceptors (Lipinski definition) is 3. The lowest BCUT2D eigenvalue weighted by Crippen LogP contribution is -2.30. The van der Waals surface area contributed by atoms with Crippen molar-refractivity contribution in [2.45, 2.75) is 37.6 Å². The van der Waals surface area contributed by atoms with Crippen LogP contribution in [-0.2, 0) is 0 Å². The number of nitrogens with one attached hydrogen (secondary N) is 2. The molecule has 4 N–H and O–H groups in total. The van der Waals surface area contributed by atoms with Crippen molar-refractivity contribution in [1.82, 2.24) is 10.3 Å². The molecule has 6 heteroatoms. The average molecular weight is 389 g/mol. The molecule has 1 fully saturated rings. The topological polar surface area (TPSA) is 66.2 Å². The van der Waals surface area contributed by atoms with E-state index in [4.69, 9.17) is 5.73 Å². The number of aromatic amines is 1. The molecule has 0 saturated heterocycles. The predicted octanol–water partition coefficient (Wildman–Crippen LogP) is 4.93. The number of amidine groups is 1. The molecule has 0 radical (unpaired) electrons. The van der Waals surface area contributed by atoms with E-state index in [1.54, 1.807) is 11.3 Å². The summed E-state index contributed by atoms with van der Waals surface area (Å²) in [5, 5.41) is 6.75. The van der Waals surface area contributed by atoms with Crippen molar-refractivity contribution in [3.63, 3.8) is 0 Å². The first-order valence-corrected chi connectivity index (χ1v) is 9.79. The minimum absolute atomic E-state index is 0. The van der Waals surface area contributed by atoms with Crippen molar-refractivity contribution in [3.05, 3.63) is 52.3 Å². The van der Waals surface area contributed by atoms with Gasteiger partial charge in [0, 0.05) is 23.1 Å². The Hall–Kier alpha value is -1.82. The van der Waals surface area contributed by atoms with E-state index in [1.165, 1.54) is 42.1 Å². The number of fused-ring (bicyclic) bond motifs is 1. The lowest BCUT2D eigenvalue weighted by atomic mass is 9.81. The van der Waals surface area contributed by atoms with Gasteiger partial charge in [-0.3, -0.25) is 0 Å². The summed E-state index contributed by atoms with van der Waals surface area (Å²) in [5.41, 5.74) is 9.66. The highest BCUT2D eigenvalue weighted by Crippen LogP contribution is 2.37. The van der Waals surface area contributed by atoms with E-state index < -0.39 is 0 Å². The summed E-state index contributed by atoms with van der Waals surface area (Å²) in [7, 11) is 2.07. The number of H-pyrrole nitrogens is 1. The molecule has 0 spiro atoms. The van der Waals surface area contributed by atoms with E-state index in [9.17, 15) is 0 Å². The molecule has 0 unspecified atom stereocenters. The first-order chi connectivity index (χ1) is 12.2. The predicted molar refractivity (Wildman–Crippen MR) is 114 cm³/mol. The van der Waals surface area contributed by atoms with E-state index in [-0.39, 0.29) is 12.4 Å². The number of thiophene rings is 1. The Morgan fingerprint density at radius 2 is 2.19 bits per heavy atom. The van der Waals surface area contributed by atoms with Gasteiger partial charge in [-0.1, -0.05) is 12.5 Å². The van der Waals surface area contributed by atoms with Crippen LogP contribution in [0.3, 0.4) is 0 Å². The van der Waals surface area contributed by atoms with Gasteiger partial charge in [-0.2, -0.15) is 0 Å². The molecule has 1 aliphatic carbocycles. The molecule has 26 heavy (non-hydrogen) atoms. The van der Waals surface area contributed by atoms with Crippen molar-refractivity contribution in [2.24, 2.45) is 10.7 Å². The maximum atomic E-state index is 6.15. The second kappa shape index (κ2) is 8.25. The van der Waals surface area contributed by atoms with Gasteiger partial charge in [0.2, 0.25) is 0 Å². The van der Waals surface area contributed by atoms with E-state index >= 15 is 0 Å². The first-order valence-electron chi connectivity index (χ1n) is 8.91. The van der Waals surface area contributed by atoms with E-state index in [0.717, 1.165) is 10.6 Å². The largest absolute Gasteiger partial charge is 0.383 e. The van der Waals surface area contributed by atoms with Crippen molar-refractivity contribution in [2.75, 3.05) is 7.05 Å². The molecule has 1 aromatic carbocycles. The van der Waals surface area contributed by atoms with Crippen molar-refractivity contribution >= 4 is 46.2 Å². The standard InChI is InChI=1S/C20H24N4S.ClH/c1-22-14-5-2-4-13(10-14)17-12-23-18-8-7-15(11-16(17)18)24-20(21)19-6-3-9-25-19;/h3,6-9,11-14,22-23H,2,4-5,10H2,1H3,(H2,21,24);1H/t13-,14+;/m0./s1. The molecule has 3 aromatic rings. The van der Waals surface area contributed by atoms with Crippen LogP contribution in [0, 0.1) is 0 Å². The summed E-state index contributed by atoms with van der Waals surface area (Å²) in [6, 6.07) is 10.9. The first kappa shape index (κ1) is 19.0. The van der Waals surface area contributed by atoms with Crippen LogP contribution in [0.4, 0.5) is 5.69 Å². The summed E-state index contributed by atoms with van der Waals surface area (Å²) >= 11 is 1.62. The average Bonchev–Trinajstić information content (AvgIpc) is 3.31. The molecule has 4 nitrogen and oxygen atoms in total. The number of benzene rings is 1. The maximum Gasteiger partial charge on any atom is 0.141 e. The third-order valence-electron chi connectivity index (χ3n) is 5.24. The van der Waals surface area contributed by atoms with Crippen LogP contribution in [0.5, 0.6) is 0 Å². The van der Waals surface area contributed by atoms with Gasteiger partial charge in [-0.15, -0.1) is 23.7 Å². The number of rotatable bonds is 4. The lowest BCUT2D eigenvalue weighted by Gasteiger charge is -2.28. The molecular weight excluding hydrogens is 364 g/mol. The minimum atomic E-state index is 0. The number of aromatic nitrogens is 1. The molecule has 2 heterocycles. The second-order valence-corrected chi connectivity index (χ2v) is 7.75. The second-order valence-electron chi connectivity index (χ2n) is 6.80. The van der Waals surface area contributed by atoms with Crippen LogP contribution in [0.1, 0.15) is 42.0 Å². The number of nitrogens with two attached hydrogens (primary N) is 1. The van der Waals surface area contributed by atoms with Gasteiger partial charge in [0.25, 0.3) is 0 Å². The Balaban J connectivity index is 0.00000196. The molecule has 0 aliphatic heterocycles. The number of halogens is 1. The summed E-state index contributed by atoms with van der Waals surface area (Å²) in [6.07, 6.45) is 7.21. The van der Waals surface area contributed by atoms with Gasteiger partial charge in [-0.05, 0) is 67.4 Å². The molecule has 0 amide bonds. The van der Waals surface area contributed by atoms with Crippen LogP contribution in [0.25, 0.3) is 10.9 Å². The third kappa shape index (κ3) is 3.80. The molecule has 1 aliphatic rings. The fourth-order valence-corrected chi connectivity index (χ4v) is 4.52. The quantitative estimate of drug-likeness (QED) is 0.438. The normalized spacial score (nSPS) is 20.9. The molecule has 1 saturated carbocycles. The van der Waals surface area contributed by atoms with Crippen LogP contribution in [-0.4, -0.2) is 23.9 Å². The summed E-state index contributed by atoms with van der Waals surface area (Å²) in [6.45, 7) is 0. The smallest absolute Gasteiger partial charge is 0.141 e.